The minimum absolute atomic E-state index is 0.587. The second kappa shape index (κ2) is 6.63. The highest BCUT2D eigenvalue weighted by Gasteiger charge is 2.45. The Bertz CT molecular complexity index is 940. The molecule has 140 valence electrons. The van der Waals surface area contributed by atoms with E-state index in [2.05, 4.69) is 95.4 Å². The Labute approximate surface area is 166 Å². The van der Waals surface area contributed by atoms with Gasteiger partial charge in [-0.05, 0) is 40.5 Å². The molecule has 0 nitrogen and oxygen atoms in total. The summed E-state index contributed by atoms with van der Waals surface area (Å²) < 4.78 is 0. The summed E-state index contributed by atoms with van der Waals surface area (Å²) in [6.45, 7) is 14.7. The van der Waals surface area contributed by atoms with Crippen molar-refractivity contribution in [1.29, 1.82) is 0 Å². The molecule has 1 atom stereocenters. The van der Waals surface area contributed by atoms with Gasteiger partial charge in [0.05, 0.1) is 8.07 Å². The number of benzene rings is 2. The smallest absolute Gasteiger partial charge is 0.0647 e. The van der Waals surface area contributed by atoms with Crippen LogP contribution in [0.2, 0.25) is 13.1 Å². The van der Waals surface area contributed by atoms with Gasteiger partial charge in [0, 0.05) is 5.54 Å². The van der Waals surface area contributed by atoms with Crippen LogP contribution in [-0.4, -0.2) is 8.07 Å². The molecule has 0 N–H and O–H groups in total. The molecule has 2 aromatic rings. The van der Waals surface area contributed by atoms with E-state index in [9.17, 15) is 0 Å². The van der Waals surface area contributed by atoms with Crippen molar-refractivity contribution in [2.24, 2.45) is 11.8 Å². The maximum atomic E-state index is 2.62. The molecule has 0 saturated carbocycles. The van der Waals surface area contributed by atoms with Gasteiger partial charge in [-0.25, -0.2) is 0 Å². The Hall–Kier alpha value is -1.86. The van der Waals surface area contributed by atoms with Gasteiger partial charge in [-0.3, -0.25) is 0 Å². The van der Waals surface area contributed by atoms with Crippen molar-refractivity contribution in [3.05, 3.63) is 81.9 Å². The van der Waals surface area contributed by atoms with Gasteiger partial charge in [-0.15, -0.1) is 0 Å². The topological polar surface area (TPSA) is 0 Å². The fourth-order valence-electron chi connectivity index (χ4n) is 5.44. The fraction of sp³-hybridized carbons (Fsp3) is 0.385. The Morgan fingerprint density at radius 1 is 0.852 bits per heavy atom. The SMILES string of the molecule is CC(C)C1=Cc2ccccc2C1[Si](C)(C)C1=C(C(C)C)Cc2ccccc21. The average molecular weight is 373 g/mol. The molecule has 1 unspecified atom stereocenters. The molecular formula is C26H32Si. The second-order valence-corrected chi connectivity index (χ2v) is 14.0. The molecule has 2 aromatic carbocycles. The van der Waals surface area contributed by atoms with Gasteiger partial charge >= 0.3 is 0 Å². The van der Waals surface area contributed by atoms with Gasteiger partial charge in [0.25, 0.3) is 0 Å². The summed E-state index contributed by atoms with van der Waals surface area (Å²) >= 11 is 0. The first kappa shape index (κ1) is 18.5. The molecule has 0 aromatic heterocycles. The highest BCUT2D eigenvalue weighted by atomic mass is 28.3. The maximum Gasteiger partial charge on any atom is 0.0930 e. The third kappa shape index (κ3) is 2.88. The Morgan fingerprint density at radius 2 is 1.52 bits per heavy atom. The molecule has 0 saturated heterocycles. The third-order valence-corrected chi connectivity index (χ3v) is 10.6. The molecule has 0 radical (unpaired) electrons. The average Bonchev–Trinajstić information content (AvgIpc) is 3.21. The van der Waals surface area contributed by atoms with Crippen LogP contribution in [0.15, 0.2) is 59.7 Å². The summed E-state index contributed by atoms with van der Waals surface area (Å²) in [7, 11) is -1.78. The molecule has 0 fully saturated rings. The standard InChI is InChI=1S/C26H32Si/c1-17(2)23-15-19-11-7-9-13-21(19)25(23)27(5,6)26-22-14-10-8-12-20(22)16-24(26)18(3)4/h7-15,17-18,25H,16H2,1-6H3. The van der Waals surface area contributed by atoms with Crippen LogP contribution in [-0.2, 0) is 6.42 Å². The Morgan fingerprint density at radius 3 is 2.22 bits per heavy atom. The maximum absolute atomic E-state index is 2.62. The zero-order valence-electron chi connectivity index (χ0n) is 17.6. The summed E-state index contributed by atoms with van der Waals surface area (Å²) in [6.07, 6.45) is 3.64. The van der Waals surface area contributed by atoms with E-state index in [1.165, 1.54) is 11.1 Å². The number of hydrogen-bond donors (Lipinski definition) is 0. The summed E-state index contributed by atoms with van der Waals surface area (Å²) in [5.74, 6) is 1.20. The van der Waals surface area contributed by atoms with Crippen LogP contribution >= 0.6 is 0 Å². The largest absolute Gasteiger partial charge is 0.0930 e. The lowest BCUT2D eigenvalue weighted by Gasteiger charge is -2.37. The fourth-order valence-corrected chi connectivity index (χ4v) is 10.2. The van der Waals surface area contributed by atoms with Crippen LogP contribution in [0.25, 0.3) is 11.3 Å². The summed E-state index contributed by atoms with van der Waals surface area (Å²) in [5.41, 5.74) is 10.0. The van der Waals surface area contributed by atoms with Crippen molar-refractivity contribution in [2.75, 3.05) is 0 Å². The van der Waals surface area contributed by atoms with Crippen molar-refractivity contribution in [3.63, 3.8) is 0 Å². The monoisotopic (exact) mass is 372 g/mol. The van der Waals surface area contributed by atoms with Gasteiger partial charge in [0.2, 0.25) is 0 Å². The highest BCUT2D eigenvalue weighted by molar-refractivity contribution is 6.96. The van der Waals surface area contributed by atoms with Crippen LogP contribution in [0, 0.1) is 11.8 Å². The van der Waals surface area contributed by atoms with Crippen LogP contribution in [0.4, 0.5) is 0 Å². The van der Waals surface area contributed by atoms with E-state index >= 15 is 0 Å². The molecule has 2 aliphatic carbocycles. The lowest BCUT2D eigenvalue weighted by Crippen LogP contribution is -2.38. The van der Waals surface area contributed by atoms with Crippen molar-refractivity contribution in [3.8, 4) is 0 Å². The highest BCUT2D eigenvalue weighted by Crippen LogP contribution is 2.52. The summed E-state index contributed by atoms with van der Waals surface area (Å²) in [4.78, 5) is 0. The number of fused-ring (bicyclic) bond motifs is 2. The van der Waals surface area contributed by atoms with E-state index in [0.29, 0.717) is 17.4 Å². The zero-order chi connectivity index (χ0) is 19.3. The van der Waals surface area contributed by atoms with Crippen LogP contribution in [0.1, 0.15) is 55.5 Å². The number of allylic oxidation sites excluding steroid dienone is 2. The lowest BCUT2D eigenvalue weighted by atomic mass is 10.0. The second-order valence-electron chi connectivity index (χ2n) is 9.47. The number of rotatable bonds is 4. The summed E-state index contributed by atoms with van der Waals surface area (Å²) in [6, 6.07) is 18.3. The van der Waals surface area contributed by atoms with Crippen molar-refractivity contribution >= 4 is 19.3 Å². The summed E-state index contributed by atoms with van der Waals surface area (Å²) in [5, 5.41) is 1.74. The molecule has 27 heavy (non-hydrogen) atoms. The number of hydrogen-bond acceptors (Lipinski definition) is 0. The molecular weight excluding hydrogens is 340 g/mol. The first-order chi connectivity index (χ1) is 12.8. The molecule has 0 heterocycles. The first-order valence-electron chi connectivity index (χ1n) is 10.4. The molecule has 2 aliphatic rings. The van der Waals surface area contributed by atoms with Gasteiger partial charge in [-0.1, -0.05) is 112 Å². The molecule has 0 aliphatic heterocycles. The molecule has 0 amide bonds. The van der Waals surface area contributed by atoms with Gasteiger partial charge in [-0.2, -0.15) is 0 Å². The Balaban J connectivity index is 1.92. The van der Waals surface area contributed by atoms with E-state index in [4.69, 9.17) is 0 Å². The van der Waals surface area contributed by atoms with Crippen LogP contribution in [0.5, 0.6) is 0 Å². The van der Waals surface area contributed by atoms with E-state index < -0.39 is 8.07 Å². The lowest BCUT2D eigenvalue weighted by molar-refractivity contribution is 0.736. The van der Waals surface area contributed by atoms with Crippen molar-refractivity contribution in [2.45, 2.75) is 52.8 Å². The Kier molecular flexibility index (Phi) is 4.54. The van der Waals surface area contributed by atoms with Crippen molar-refractivity contribution in [1.82, 2.24) is 0 Å². The van der Waals surface area contributed by atoms with E-state index in [-0.39, 0.29) is 0 Å². The third-order valence-electron chi connectivity index (χ3n) is 6.68. The molecule has 0 spiro atoms. The van der Waals surface area contributed by atoms with Gasteiger partial charge < -0.3 is 0 Å². The van der Waals surface area contributed by atoms with Crippen LogP contribution in [0.3, 0.4) is 0 Å². The zero-order valence-corrected chi connectivity index (χ0v) is 18.6. The van der Waals surface area contributed by atoms with Crippen molar-refractivity contribution < 1.29 is 0 Å². The van der Waals surface area contributed by atoms with Crippen LogP contribution < -0.4 is 0 Å². The molecule has 0 bridgehead atoms. The van der Waals surface area contributed by atoms with E-state index in [1.54, 1.807) is 27.5 Å². The van der Waals surface area contributed by atoms with Gasteiger partial charge in [0.15, 0.2) is 0 Å². The minimum atomic E-state index is -1.78. The molecule has 4 rings (SSSR count). The quantitative estimate of drug-likeness (QED) is 0.495. The predicted octanol–water partition coefficient (Wildman–Crippen LogP) is 7.28. The van der Waals surface area contributed by atoms with E-state index in [0.717, 1.165) is 6.42 Å². The predicted molar refractivity (Wildman–Crippen MR) is 121 cm³/mol. The first-order valence-corrected chi connectivity index (χ1v) is 13.5. The van der Waals surface area contributed by atoms with E-state index in [1.807, 2.05) is 0 Å². The van der Waals surface area contributed by atoms with Gasteiger partial charge in [0.1, 0.15) is 0 Å². The molecule has 1 heteroatoms. The minimum Gasteiger partial charge on any atom is -0.0647 e. The normalized spacial score (nSPS) is 19.0.